The van der Waals surface area contributed by atoms with Gasteiger partial charge in [-0.1, -0.05) is 64.2 Å². The van der Waals surface area contributed by atoms with Crippen LogP contribution in [0, 0.1) is 85.4 Å². The highest BCUT2D eigenvalue weighted by atomic mass is 32.1. The average Bonchev–Trinajstić information content (AvgIpc) is 1.65. The lowest BCUT2D eigenvalue weighted by atomic mass is 10.1. The smallest absolute Gasteiger partial charge is 0.355 e. The van der Waals surface area contributed by atoms with Crippen molar-refractivity contribution in [3.8, 4) is 99.8 Å². The van der Waals surface area contributed by atoms with Crippen LogP contribution < -0.4 is 9.80 Å². The molecule has 35 heteroatoms. The van der Waals surface area contributed by atoms with Gasteiger partial charge in [-0.05, 0) is 79.3 Å². The number of hydrogen-bond donors (Lipinski definition) is 0. The van der Waals surface area contributed by atoms with Gasteiger partial charge in [-0.25, -0.2) is 43.1 Å². The number of thiazole rings is 6. The highest BCUT2D eigenvalue weighted by molar-refractivity contribution is 7.19. The molecule has 12 aromatic heterocycles. The van der Waals surface area contributed by atoms with E-state index in [2.05, 4.69) is 91.9 Å². The molecule has 0 saturated heterocycles. The Bertz CT molecular complexity index is 5130. The second-order valence-corrected chi connectivity index (χ2v) is 28.1. The van der Waals surface area contributed by atoms with Crippen LogP contribution in [0.4, 0.5) is 49.5 Å². The molecule has 20 nitrogen and oxygen atoms in total. The van der Waals surface area contributed by atoms with Crippen LogP contribution in [0.15, 0.2) is 129 Å². The molecule has 0 amide bonds. The summed E-state index contributed by atoms with van der Waals surface area (Å²) in [4.78, 5) is 54.0. The zero-order chi connectivity index (χ0) is 76.5. The minimum atomic E-state index is -4.40. The van der Waals surface area contributed by atoms with Crippen molar-refractivity contribution < 1.29 is 39.5 Å². The van der Waals surface area contributed by atoms with Crippen LogP contribution in [0.3, 0.4) is 0 Å². The summed E-state index contributed by atoms with van der Waals surface area (Å²) >= 11 is 7.87. The van der Waals surface area contributed by atoms with Crippen LogP contribution >= 0.6 is 68.0 Å². The van der Waals surface area contributed by atoms with E-state index in [0.717, 1.165) is 111 Å². The Labute approximate surface area is 620 Å². The van der Waals surface area contributed by atoms with E-state index >= 15 is 0 Å². The van der Waals surface area contributed by atoms with Gasteiger partial charge in [0.1, 0.15) is 107 Å². The summed E-state index contributed by atoms with van der Waals surface area (Å²) in [6.07, 6.45) is 10.7. The Morgan fingerprint density at radius 3 is 0.895 bits per heavy atom. The SMILES string of the molecule is CC(C)c1sc(-c2cccnc2)nc1C#N.CC(C)c1sc(-c2cncc(F)c2)nc1C#N.CCc1sc(-c2cccnc2)nc1C#N.CCc1sc(-c2cncc(F)c2)nc1C#N.CN(CC(F)(F)F)c1sc(-c2cccnc2)nc1C#N.CN(CC(F)(F)F)c1sc(-c2cncc(F)c2)nc1C#N. The number of aryl methyl sites for hydroxylation is 2. The maximum absolute atomic E-state index is 13.1. The van der Waals surface area contributed by atoms with Gasteiger partial charge in [-0.2, -0.15) is 57.9 Å². The quantitative estimate of drug-likeness (QED) is 0.0913. The van der Waals surface area contributed by atoms with Crippen LogP contribution in [0.5, 0.6) is 0 Å². The van der Waals surface area contributed by atoms with Crippen molar-refractivity contribution in [3.63, 3.8) is 0 Å². The van der Waals surface area contributed by atoms with Gasteiger partial charge < -0.3 is 9.80 Å². The number of anilines is 2. The van der Waals surface area contributed by atoms with E-state index in [9.17, 15) is 39.5 Å². The third-order valence-electron chi connectivity index (χ3n) is 13.4. The molecule has 0 unspecified atom stereocenters. The van der Waals surface area contributed by atoms with Crippen molar-refractivity contribution in [3.05, 3.63) is 200 Å². The van der Waals surface area contributed by atoms with E-state index < -0.39 is 42.9 Å². The van der Waals surface area contributed by atoms with Crippen molar-refractivity contribution in [1.82, 2.24) is 59.8 Å². The fourth-order valence-electron chi connectivity index (χ4n) is 8.73. The Morgan fingerprint density at radius 1 is 0.371 bits per heavy atom. The van der Waals surface area contributed by atoms with Gasteiger partial charge in [0.15, 0.2) is 34.2 Å². The molecule has 0 aliphatic rings. The number of aromatic nitrogens is 12. The van der Waals surface area contributed by atoms with Crippen LogP contribution in [0.25, 0.3) is 63.4 Å². The van der Waals surface area contributed by atoms with Crippen LogP contribution in [0.1, 0.15) is 107 Å². The number of nitrogens with zero attached hydrogens (tertiary/aromatic N) is 20. The highest BCUT2D eigenvalue weighted by Gasteiger charge is 2.33. The summed E-state index contributed by atoms with van der Waals surface area (Å²) in [6, 6.07) is 26.9. The van der Waals surface area contributed by atoms with Crippen LogP contribution in [-0.2, 0) is 12.8 Å². The number of nitriles is 6. The molecule has 0 aliphatic carbocycles. The van der Waals surface area contributed by atoms with Crippen molar-refractivity contribution in [2.24, 2.45) is 0 Å². The van der Waals surface area contributed by atoms with E-state index in [1.807, 2.05) is 64.1 Å². The van der Waals surface area contributed by atoms with Crippen molar-refractivity contribution >= 4 is 78.0 Å². The molecule has 0 N–H and O–H groups in total. The predicted octanol–water partition coefficient (Wildman–Crippen LogP) is 18.2. The molecule has 0 spiro atoms. The molecule has 12 aromatic rings. The minimum absolute atomic E-state index is 0.0133. The molecule has 105 heavy (non-hydrogen) atoms. The third kappa shape index (κ3) is 23.3. The van der Waals surface area contributed by atoms with Crippen molar-refractivity contribution in [2.45, 2.75) is 78.6 Å². The summed E-state index contributed by atoms with van der Waals surface area (Å²) < 4.78 is 114. The molecule has 0 bridgehead atoms. The van der Waals surface area contributed by atoms with Gasteiger partial charge in [0.05, 0.1) is 18.6 Å². The van der Waals surface area contributed by atoms with E-state index in [1.165, 1.54) is 55.1 Å². The standard InChI is InChI=1S/C12H8F4N4S.C12H9F3N4S.C12H10FN3S.C12H11N3S.C11H8FN3S.C11H9N3S/c1-20(6-12(14,15)16)11-9(3-17)19-10(21-11)7-2-8(13)5-18-4-7;1-19(7-12(13,14)15)11-9(5-16)18-10(20-11)8-3-2-4-17-6-8;1-7(2)11-10(4-14)16-12(17-11)8-3-9(13)6-15-5-8;1-8(2)11-10(6-13)15-12(16-11)9-4-3-5-14-7-9;1-2-10-9(4-13)15-11(16-10)7-3-8(12)6-14-5-7;1-2-10-9(6-12)14-11(15-10)8-4-3-5-13-7-8/h2,4-5H,6H2,1H3;2-4,6H,7H2,1H3;3,5-7H,1-2H3;3-5,7-8H,1-2H3;3,5-6H,2H2,1H3;3-5,7H,2H2,1H3. The molecule has 0 aromatic carbocycles. The minimum Gasteiger partial charge on any atom is -0.355 e. The molecular formula is C70H55F9N20S6. The summed E-state index contributed by atoms with van der Waals surface area (Å²) in [6.45, 7) is 9.80. The first kappa shape index (κ1) is 80.9. The topological polar surface area (TPSA) is 304 Å². The first-order chi connectivity index (χ1) is 50.1. The Morgan fingerprint density at radius 2 is 0.638 bits per heavy atom. The highest BCUT2D eigenvalue weighted by Crippen LogP contribution is 2.39. The number of hydrogen-bond acceptors (Lipinski definition) is 26. The average molecular weight is 1540 g/mol. The van der Waals surface area contributed by atoms with E-state index in [4.69, 9.17) is 31.6 Å². The van der Waals surface area contributed by atoms with Gasteiger partial charge in [0.25, 0.3) is 0 Å². The first-order valence-corrected chi connectivity index (χ1v) is 35.6. The number of halogens is 9. The van der Waals surface area contributed by atoms with E-state index in [0.29, 0.717) is 66.0 Å². The van der Waals surface area contributed by atoms with Crippen molar-refractivity contribution in [2.75, 3.05) is 37.0 Å². The second kappa shape index (κ2) is 38.2. The maximum atomic E-state index is 13.1. The second-order valence-electron chi connectivity index (χ2n) is 21.9. The zero-order valence-corrected chi connectivity index (χ0v) is 61.3. The van der Waals surface area contributed by atoms with E-state index in [-0.39, 0.29) is 32.3 Å². The summed E-state index contributed by atoms with van der Waals surface area (Å²) in [5.74, 6) is -0.826. The normalized spacial score (nSPS) is 10.6. The molecule has 0 atom stereocenters. The number of pyridine rings is 6. The Hall–Kier alpha value is -11.4. The molecule has 0 aliphatic heterocycles. The molecule has 0 fully saturated rings. The maximum Gasteiger partial charge on any atom is 0.405 e. The fraction of sp³-hybridized carbons (Fsp3) is 0.229. The monoisotopic (exact) mass is 1540 g/mol. The van der Waals surface area contributed by atoms with Gasteiger partial charge in [0.2, 0.25) is 0 Å². The third-order valence-corrected chi connectivity index (χ3v) is 21.1. The predicted molar refractivity (Wildman–Crippen MR) is 386 cm³/mol. The zero-order valence-electron chi connectivity index (χ0n) is 56.4. The number of alkyl halides is 6. The Balaban J connectivity index is 0.000000177. The first-order valence-electron chi connectivity index (χ1n) is 30.7. The van der Waals surface area contributed by atoms with Gasteiger partial charge >= 0.3 is 12.4 Å². The number of rotatable bonds is 14. The van der Waals surface area contributed by atoms with Gasteiger partial charge in [-0.15, -0.1) is 45.3 Å². The van der Waals surface area contributed by atoms with Gasteiger partial charge in [-0.3, -0.25) is 29.9 Å². The lowest BCUT2D eigenvalue weighted by Crippen LogP contribution is -2.30. The molecule has 0 radical (unpaired) electrons. The summed E-state index contributed by atoms with van der Waals surface area (Å²) in [7, 11) is 2.50. The molecule has 12 rings (SSSR count). The fourth-order valence-corrected chi connectivity index (χ4v) is 14.5. The molecule has 12 heterocycles. The van der Waals surface area contributed by atoms with Crippen molar-refractivity contribution in [1.29, 1.82) is 31.6 Å². The summed E-state index contributed by atoms with van der Waals surface area (Å²) in [5.41, 5.74) is 5.92. The Kier molecular flexibility index (Phi) is 29.4. The largest absolute Gasteiger partial charge is 0.405 e. The lowest BCUT2D eigenvalue weighted by molar-refractivity contribution is -0.120. The molecular weight excluding hydrogens is 1480 g/mol. The summed E-state index contributed by atoms with van der Waals surface area (Å²) in [5, 5.41) is 57.7. The lowest BCUT2D eigenvalue weighted by Gasteiger charge is -2.18. The molecule has 0 saturated carbocycles. The van der Waals surface area contributed by atoms with Gasteiger partial charge in [0, 0.05) is 123 Å². The molecule has 534 valence electrons. The van der Waals surface area contributed by atoms with Crippen LogP contribution in [-0.4, -0.2) is 99.3 Å². The van der Waals surface area contributed by atoms with Crippen LogP contribution in [0.2, 0.25) is 0 Å². The van der Waals surface area contributed by atoms with E-state index in [1.54, 1.807) is 90.5 Å².